The van der Waals surface area contributed by atoms with Gasteiger partial charge in [-0.15, -0.1) is 0 Å². The second-order valence-corrected chi connectivity index (χ2v) is 8.42. The summed E-state index contributed by atoms with van der Waals surface area (Å²) in [6.07, 6.45) is 0. The summed E-state index contributed by atoms with van der Waals surface area (Å²) in [7, 11) is 6.69. The summed E-state index contributed by atoms with van der Waals surface area (Å²) < 4.78 is 23.2. The van der Waals surface area contributed by atoms with Crippen molar-refractivity contribution in [2.75, 3.05) is 28.4 Å². The average molecular weight is 492 g/mol. The Morgan fingerprint density at radius 1 is 0.571 bits per heavy atom. The van der Waals surface area contributed by atoms with Gasteiger partial charge in [0.25, 0.3) is 0 Å². The van der Waals surface area contributed by atoms with Crippen molar-refractivity contribution in [1.29, 1.82) is 0 Å². The van der Waals surface area contributed by atoms with E-state index in [1.54, 1.807) is 28.4 Å². The zero-order valence-electron chi connectivity index (χ0n) is 16.7. The number of benzene rings is 3. The summed E-state index contributed by atoms with van der Waals surface area (Å²) in [6.45, 7) is 0. The van der Waals surface area contributed by atoms with Crippen molar-refractivity contribution >= 4 is 24.5 Å². The minimum atomic E-state index is -0.404. The van der Waals surface area contributed by atoms with Gasteiger partial charge >= 0.3 is 177 Å². The van der Waals surface area contributed by atoms with E-state index in [1.807, 2.05) is 12.1 Å². The molecular weight excluding hydrogens is 468 g/mol. The van der Waals surface area contributed by atoms with Crippen molar-refractivity contribution in [2.45, 2.75) is 4.97 Å². The van der Waals surface area contributed by atoms with E-state index in [0.29, 0.717) is 0 Å². The quantitative estimate of drug-likeness (QED) is 0.458. The Labute approximate surface area is 176 Å². The summed E-state index contributed by atoms with van der Waals surface area (Å²) in [5, 5.41) is 0. The van der Waals surface area contributed by atoms with Crippen molar-refractivity contribution in [3.8, 4) is 45.3 Å². The van der Waals surface area contributed by atoms with E-state index < -0.39 is 20.9 Å². The van der Waals surface area contributed by atoms with Crippen molar-refractivity contribution in [3.63, 3.8) is 0 Å². The molecule has 28 heavy (non-hydrogen) atoms. The summed E-state index contributed by atoms with van der Waals surface area (Å²) in [6, 6.07) is 18.4. The van der Waals surface area contributed by atoms with Gasteiger partial charge in [0, 0.05) is 0 Å². The van der Waals surface area contributed by atoms with E-state index in [4.69, 9.17) is 18.9 Å². The normalized spacial score (nSPS) is 10.5. The third-order valence-electron chi connectivity index (χ3n) is 4.54. The molecule has 0 unspecified atom stereocenters. The van der Waals surface area contributed by atoms with Crippen LogP contribution in [-0.4, -0.2) is 49.4 Å². The summed E-state index contributed by atoms with van der Waals surface area (Å²) in [4.78, 5) is 2.29. The zero-order chi connectivity index (χ0) is 20.1. The third kappa shape index (κ3) is 4.22. The van der Waals surface area contributed by atoms with Gasteiger partial charge < -0.3 is 0 Å². The molecule has 0 heterocycles. The van der Waals surface area contributed by atoms with Crippen LogP contribution in [0, 0.1) is 0 Å². The van der Waals surface area contributed by atoms with E-state index in [9.17, 15) is 0 Å². The van der Waals surface area contributed by atoms with E-state index in [2.05, 4.69) is 47.4 Å². The predicted octanol–water partition coefficient (Wildman–Crippen LogP) is 4.43. The van der Waals surface area contributed by atoms with Gasteiger partial charge in [0.15, 0.2) is 0 Å². The van der Waals surface area contributed by atoms with Gasteiger partial charge in [-0.05, 0) is 0 Å². The molecule has 0 amide bonds. The molecule has 0 bridgehead atoms. The molecule has 4 nitrogen and oxygen atoms in total. The number of hydrogen-bond donors (Lipinski definition) is 0. The van der Waals surface area contributed by atoms with Crippen molar-refractivity contribution in [1.82, 2.24) is 0 Å². The van der Waals surface area contributed by atoms with Gasteiger partial charge in [0.1, 0.15) is 0 Å². The number of methoxy groups -OCH3 is 4. The Balaban J connectivity index is 2.20. The van der Waals surface area contributed by atoms with Crippen molar-refractivity contribution < 1.29 is 18.9 Å². The molecule has 0 radical (unpaired) electrons. The molecule has 0 saturated heterocycles. The van der Waals surface area contributed by atoms with Crippen LogP contribution in [-0.2, 0) is 0 Å². The SMILES string of the molecule is COc1cc(OC)cc(-c2cccc(-c3cc(OC)cc(OC)c3)c2[Te]C)c1. The molecule has 3 aromatic carbocycles. The molecule has 146 valence electrons. The van der Waals surface area contributed by atoms with Gasteiger partial charge in [-0.3, -0.25) is 0 Å². The molecular formula is C23H24O4Te. The van der Waals surface area contributed by atoms with Crippen molar-refractivity contribution in [2.24, 2.45) is 0 Å². The van der Waals surface area contributed by atoms with Crippen LogP contribution in [0.15, 0.2) is 54.6 Å². The second kappa shape index (κ2) is 9.23. The van der Waals surface area contributed by atoms with Crippen LogP contribution in [0.4, 0.5) is 0 Å². The van der Waals surface area contributed by atoms with E-state index in [1.165, 1.54) is 14.7 Å². The molecule has 0 aliphatic carbocycles. The first kappa shape index (κ1) is 20.4. The first-order chi connectivity index (χ1) is 13.6. The topological polar surface area (TPSA) is 36.9 Å². The zero-order valence-corrected chi connectivity index (χ0v) is 19.1. The van der Waals surface area contributed by atoms with Gasteiger partial charge in [-0.2, -0.15) is 0 Å². The Kier molecular flexibility index (Phi) is 6.72. The number of ether oxygens (including phenoxy) is 4. The second-order valence-electron chi connectivity index (χ2n) is 6.09. The molecule has 0 aromatic heterocycles. The summed E-state index contributed by atoms with van der Waals surface area (Å²) >= 11 is -0.404. The maximum atomic E-state index is 5.47. The Bertz CT molecular complexity index is 851. The van der Waals surface area contributed by atoms with Crippen LogP contribution in [0.5, 0.6) is 23.0 Å². The maximum absolute atomic E-state index is 5.47. The van der Waals surface area contributed by atoms with Gasteiger partial charge in [0.05, 0.1) is 0 Å². The average Bonchev–Trinajstić information content (AvgIpc) is 2.77. The Morgan fingerprint density at radius 3 is 1.21 bits per heavy atom. The van der Waals surface area contributed by atoms with Crippen molar-refractivity contribution in [3.05, 3.63) is 54.6 Å². The first-order valence-electron chi connectivity index (χ1n) is 8.77. The van der Waals surface area contributed by atoms with E-state index in [0.717, 1.165) is 34.1 Å². The fraction of sp³-hybridized carbons (Fsp3) is 0.217. The van der Waals surface area contributed by atoms with E-state index >= 15 is 0 Å². The van der Waals surface area contributed by atoms with Crippen LogP contribution in [0.3, 0.4) is 0 Å². The first-order valence-corrected chi connectivity index (χ1v) is 12.3. The molecule has 0 fully saturated rings. The Morgan fingerprint density at radius 2 is 0.929 bits per heavy atom. The minimum absolute atomic E-state index is 0.404. The van der Waals surface area contributed by atoms with Crippen LogP contribution < -0.4 is 22.6 Å². The van der Waals surface area contributed by atoms with Gasteiger partial charge in [-0.1, -0.05) is 0 Å². The van der Waals surface area contributed by atoms with Gasteiger partial charge in [-0.25, -0.2) is 0 Å². The molecule has 0 N–H and O–H groups in total. The Hall–Kier alpha value is -2.35. The van der Waals surface area contributed by atoms with Crippen LogP contribution in [0.1, 0.15) is 0 Å². The number of hydrogen-bond acceptors (Lipinski definition) is 4. The monoisotopic (exact) mass is 494 g/mol. The standard InChI is InChI=1S/C23H24O4Te/c1-24-17-9-15(10-18(13-17)25-2)21-7-6-8-22(23(21)28-5)16-11-19(26-3)14-20(12-16)27-4/h6-14H,1-5H3. The predicted molar refractivity (Wildman–Crippen MR) is 115 cm³/mol. The fourth-order valence-electron chi connectivity index (χ4n) is 3.14. The van der Waals surface area contributed by atoms with Crippen LogP contribution in [0.25, 0.3) is 22.3 Å². The number of rotatable bonds is 7. The third-order valence-corrected chi connectivity index (χ3v) is 6.96. The molecule has 5 heteroatoms. The van der Waals surface area contributed by atoms with Gasteiger partial charge in [0.2, 0.25) is 0 Å². The summed E-state index contributed by atoms with van der Waals surface area (Å²) in [5.41, 5.74) is 4.60. The van der Waals surface area contributed by atoms with Crippen LogP contribution >= 0.6 is 0 Å². The fourth-order valence-corrected chi connectivity index (χ4v) is 5.45. The molecule has 0 atom stereocenters. The molecule has 0 spiro atoms. The molecule has 0 saturated carbocycles. The molecule has 3 rings (SSSR count). The van der Waals surface area contributed by atoms with Crippen LogP contribution in [0.2, 0.25) is 4.97 Å². The molecule has 3 aromatic rings. The molecule has 0 aliphatic heterocycles. The summed E-state index contributed by atoms with van der Waals surface area (Å²) in [5.74, 6) is 3.13. The molecule has 0 aliphatic rings. The van der Waals surface area contributed by atoms with E-state index in [-0.39, 0.29) is 0 Å².